The van der Waals surface area contributed by atoms with Crippen molar-refractivity contribution in [3.8, 4) is 11.5 Å². The SMILES string of the molecule is CC(Oc1ccc(O)cc1)C(=O)NC1CCN(C(=O)c2ccc(F)cc2)CC1. The van der Waals surface area contributed by atoms with Crippen molar-refractivity contribution < 1.29 is 23.8 Å². The van der Waals surface area contributed by atoms with Crippen molar-refractivity contribution in [1.29, 1.82) is 0 Å². The molecule has 1 aliphatic heterocycles. The van der Waals surface area contributed by atoms with E-state index in [1.165, 1.54) is 36.4 Å². The molecule has 6 nitrogen and oxygen atoms in total. The maximum Gasteiger partial charge on any atom is 0.260 e. The monoisotopic (exact) mass is 386 g/mol. The number of aromatic hydroxyl groups is 1. The van der Waals surface area contributed by atoms with Gasteiger partial charge < -0.3 is 20.1 Å². The van der Waals surface area contributed by atoms with Crippen LogP contribution in [-0.2, 0) is 4.79 Å². The highest BCUT2D eigenvalue weighted by Crippen LogP contribution is 2.18. The molecule has 0 saturated carbocycles. The van der Waals surface area contributed by atoms with Crippen LogP contribution >= 0.6 is 0 Å². The van der Waals surface area contributed by atoms with E-state index in [9.17, 15) is 19.1 Å². The summed E-state index contributed by atoms with van der Waals surface area (Å²) in [5, 5.41) is 12.2. The van der Waals surface area contributed by atoms with Crippen molar-refractivity contribution in [2.75, 3.05) is 13.1 Å². The molecule has 1 heterocycles. The van der Waals surface area contributed by atoms with Gasteiger partial charge in [0.1, 0.15) is 17.3 Å². The highest BCUT2D eigenvalue weighted by atomic mass is 19.1. The molecule has 1 aliphatic rings. The lowest BCUT2D eigenvalue weighted by molar-refractivity contribution is -0.128. The first-order valence-electron chi connectivity index (χ1n) is 9.23. The number of carbonyl (C=O) groups is 2. The molecule has 0 bridgehead atoms. The van der Waals surface area contributed by atoms with Crippen LogP contribution in [0, 0.1) is 5.82 Å². The van der Waals surface area contributed by atoms with Gasteiger partial charge in [-0.25, -0.2) is 4.39 Å². The van der Waals surface area contributed by atoms with E-state index in [0.717, 1.165) is 0 Å². The number of piperidine rings is 1. The Morgan fingerprint density at radius 2 is 1.71 bits per heavy atom. The molecule has 1 unspecified atom stereocenters. The molecule has 0 aliphatic carbocycles. The first-order valence-corrected chi connectivity index (χ1v) is 9.23. The van der Waals surface area contributed by atoms with Crippen LogP contribution in [0.25, 0.3) is 0 Å². The van der Waals surface area contributed by atoms with Gasteiger partial charge in [0.2, 0.25) is 0 Å². The third kappa shape index (κ3) is 5.00. The second-order valence-electron chi connectivity index (χ2n) is 6.84. The zero-order valence-electron chi connectivity index (χ0n) is 15.6. The number of carbonyl (C=O) groups excluding carboxylic acids is 2. The molecule has 7 heteroatoms. The van der Waals surface area contributed by atoms with Crippen LogP contribution in [-0.4, -0.2) is 47.1 Å². The van der Waals surface area contributed by atoms with E-state index >= 15 is 0 Å². The van der Waals surface area contributed by atoms with Crippen LogP contribution in [0.5, 0.6) is 11.5 Å². The van der Waals surface area contributed by atoms with Gasteiger partial charge in [-0.2, -0.15) is 0 Å². The number of nitrogens with one attached hydrogen (secondary N) is 1. The summed E-state index contributed by atoms with van der Waals surface area (Å²) in [6.45, 7) is 2.71. The molecule has 0 aromatic heterocycles. The topological polar surface area (TPSA) is 78.9 Å². The molecule has 2 aromatic carbocycles. The highest BCUT2D eigenvalue weighted by Gasteiger charge is 2.26. The summed E-state index contributed by atoms with van der Waals surface area (Å²) < 4.78 is 18.6. The number of hydrogen-bond acceptors (Lipinski definition) is 4. The third-order valence-corrected chi connectivity index (χ3v) is 4.74. The van der Waals surface area contributed by atoms with Gasteiger partial charge in [-0.05, 0) is 68.3 Å². The van der Waals surface area contributed by atoms with Gasteiger partial charge in [0, 0.05) is 24.7 Å². The molecule has 148 valence electrons. The lowest BCUT2D eigenvalue weighted by Gasteiger charge is -2.33. The van der Waals surface area contributed by atoms with E-state index in [-0.39, 0.29) is 29.4 Å². The predicted octanol–water partition coefficient (Wildman–Crippen LogP) is 2.72. The second kappa shape index (κ2) is 8.73. The minimum absolute atomic E-state index is 0.0318. The van der Waals surface area contributed by atoms with Crippen LogP contribution in [0.1, 0.15) is 30.1 Å². The largest absolute Gasteiger partial charge is 0.508 e. The number of ether oxygens (including phenoxy) is 1. The molecule has 1 fully saturated rings. The number of likely N-dealkylation sites (tertiary alicyclic amines) is 1. The number of benzene rings is 2. The molecule has 0 spiro atoms. The van der Waals surface area contributed by atoms with E-state index in [1.807, 2.05) is 0 Å². The lowest BCUT2D eigenvalue weighted by Crippen LogP contribution is -2.49. The van der Waals surface area contributed by atoms with Crippen LogP contribution in [0.2, 0.25) is 0 Å². The van der Waals surface area contributed by atoms with E-state index in [1.54, 1.807) is 24.0 Å². The van der Waals surface area contributed by atoms with Gasteiger partial charge in [-0.1, -0.05) is 0 Å². The van der Waals surface area contributed by atoms with Gasteiger partial charge in [0.25, 0.3) is 11.8 Å². The average molecular weight is 386 g/mol. The maximum atomic E-state index is 13.0. The Morgan fingerprint density at radius 1 is 1.11 bits per heavy atom. The fraction of sp³-hybridized carbons (Fsp3) is 0.333. The van der Waals surface area contributed by atoms with Crippen LogP contribution in [0.3, 0.4) is 0 Å². The fourth-order valence-corrected chi connectivity index (χ4v) is 3.10. The zero-order valence-corrected chi connectivity index (χ0v) is 15.6. The number of rotatable bonds is 5. The molecule has 2 amide bonds. The van der Waals surface area contributed by atoms with Crippen molar-refractivity contribution in [3.63, 3.8) is 0 Å². The van der Waals surface area contributed by atoms with Gasteiger partial charge >= 0.3 is 0 Å². The summed E-state index contributed by atoms with van der Waals surface area (Å²) >= 11 is 0. The van der Waals surface area contributed by atoms with Gasteiger partial charge in [-0.15, -0.1) is 0 Å². The minimum Gasteiger partial charge on any atom is -0.508 e. The maximum absolute atomic E-state index is 13.0. The van der Waals surface area contributed by atoms with Crippen molar-refractivity contribution in [3.05, 3.63) is 59.9 Å². The zero-order chi connectivity index (χ0) is 20.1. The standard InChI is InChI=1S/C21H23FN2O4/c1-14(28-19-8-6-18(25)7-9-19)20(26)23-17-10-12-24(13-11-17)21(27)15-2-4-16(22)5-3-15/h2-9,14,17,25H,10-13H2,1H3,(H,23,26). The minimum atomic E-state index is -0.677. The summed E-state index contributed by atoms with van der Waals surface area (Å²) in [6, 6.07) is 11.7. The Labute approximate surface area is 162 Å². The number of phenols is 1. The Morgan fingerprint density at radius 3 is 2.32 bits per heavy atom. The second-order valence-corrected chi connectivity index (χ2v) is 6.84. The Balaban J connectivity index is 1.46. The Hall–Kier alpha value is -3.09. The summed E-state index contributed by atoms with van der Waals surface area (Å²) in [7, 11) is 0. The summed E-state index contributed by atoms with van der Waals surface area (Å²) in [6.07, 6.45) is 0.610. The van der Waals surface area contributed by atoms with Crippen molar-refractivity contribution in [2.45, 2.75) is 31.9 Å². The summed E-state index contributed by atoms with van der Waals surface area (Å²) in [4.78, 5) is 26.5. The number of hydrogen-bond donors (Lipinski definition) is 2. The van der Waals surface area contributed by atoms with Gasteiger partial charge in [-0.3, -0.25) is 9.59 Å². The molecule has 1 saturated heterocycles. The van der Waals surface area contributed by atoms with Gasteiger partial charge in [0.15, 0.2) is 6.10 Å². The van der Waals surface area contributed by atoms with Gasteiger partial charge in [0.05, 0.1) is 0 Å². The van der Waals surface area contributed by atoms with Crippen molar-refractivity contribution in [2.24, 2.45) is 0 Å². The molecule has 2 aromatic rings. The quantitative estimate of drug-likeness (QED) is 0.828. The van der Waals surface area contributed by atoms with E-state index in [0.29, 0.717) is 37.2 Å². The molecule has 2 N–H and O–H groups in total. The first kappa shape index (κ1) is 19.7. The van der Waals surface area contributed by atoms with Crippen LogP contribution in [0.4, 0.5) is 4.39 Å². The fourth-order valence-electron chi connectivity index (χ4n) is 3.10. The Kier molecular flexibility index (Phi) is 6.13. The molecule has 28 heavy (non-hydrogen) atoms. The van der Waals surface area contributed by atoms with Crippen LogP contribution in [0.15, 0.2) is 48.5 Å². The smallest absolute Gasteiger partial charge is 0.260 e. The predicted molar refractivity (Wildman–Crippen MR) is 102 cm³/mol. The van der Waals surface area contributed by atoms with Crippen molar-refractivity contribution in [1.82, 2.24) is 10.2 Å². The summed E-state index contributed by atoms with van der Waals surface area (Å²) in [5.74, 6) is -0.0987. The lowest BCUT2D eigenvalue weighted by atomic mass is 10.0. The molecular weight excluding hydrogens is 363 g/mol. The molecule has 1 atom stereocenters. The first-order chi connectivity index (χ1) is 13.4. The van der Waals surface area contributed by atoms with E-state index < -0.39 is 6.10 Å². The highest BCUT2D eigenvalue weighted by molar-refractivity contribution is 5.94. The molecular formula is C21H23FN2O4. The molecule has 3 rings (SSSR count). The van der Waals surface area contributed by atoms with E-state index in [4.69, 9.17) is 4.74 Å². The number of nitrogens with zero attached hydrogens (tertiary/aromatic N) is 1. The molecule has 0 radical (unpaired) electrons. The Bertz CT molecular complexity index is 815. The average Bonchev–Trinajstić information content (AvgIpc) is 2.70. The van der Waals surface area contributed by atoms with E-state index in [2.05, 4.69) is 5.32 Å². The number of phenolic OH excluding ortho intramolecular Hbond substituents is 1. The third-order valence-electron chi connectivity index (χ3n) is 4.74. The normalized spacial score (nSPS) is 15.7. The number of amides is 2. The van der Waals surface area contributed by atoms with Crippen LogP contribution < -0.4 is 10.1 Å². The van der Waals surface area contributed by atoms with Crippen molar-refractivity contribution >= 4 is 11.8 Å². The summed E-state index contributed by atoms with van der Waals surface area (Å²) in [5.41, 5.74) is 0.458. The number of halogens is 1.